The number of rotatable bonds is 4. The number of para-hydroxylation sites is 1. The van der Waals surface area contributed by atoms with E-state index in [0.29, 0.717) is 5.75 Å². The van der Waals surface area contributed by atoms with Crippen LogP contribution in [0.25, 0.3) is 6.08 Å². The first-order chi connectivity index (χ1) is 9.65. The SMILES string of the molecule is O=C(/C=C/c1ccc(C(=O)O)cc1)Oc1ccccc1. The van der Waals surface area contributed by atoms with Gasteiger partial charge in [-0.15, -0.1) is 0 Å². The average molecular weight is 268 g/mol. The molecule has 0 atom stereocenters. The third kappa shape index (κ3) is 3.81. The van der Waals surface area contributed by atoms with Crippen LogP contribution >= 0.6 is 0 Å². The van der Waals surface area contributed by atoms with E-state index in [2.05, 4.69) is 0 Å². The van der Waals surface area contributed by atoms with Crippen molar-refractivity contribution in [1.82, 2.24) is 0 Å². The van der Waals surface area contributed by atoms with Gasteiger partial charge in [-0.25, -0.2) is 9.59 Å². The predicted molar refractivity (Wildman–Crippen MR) is 74.5 cm³/mol. The lowest BCUT2D eigenvalue weighted by molar-refractivity contribution is -0.128. The number of carboxylic acids is 1. The topological polar surface area (TPSA) is 63.6 Å². The second-order valence-corrected chi connectivity index (χ2v) is 3.99. The minimum Gasteiger partial charge on any atom is -0.478 e. The average Bonchev–Trinajstić information content (AvgIpc) is 2.46. The fourth-order valence-corrected chi connectivity index (χ4v) is 1.54. The summed E-state index contributed by atoms with van der Waals surface area (Å²) in [5, 5.41) is 8.77. The van der Waals surface area contributed by atoms with Crippen molar-refractivity contribution in [3.63, 3.8) is 0 Å². The summed E-state index contributed by atoms with van der Waals surface area (Å²) < 4.78 is 5.08. The molecule has 0 unspecified atom stereocenters. The highest BCUT2D eigenvalue weighted by molar-refractivity contribution is 5.90. The molecule has 0 aliphatic heterocycles. The Kier molecular flexibility index (Phi) is 4.29. The van der Waals surface area contributed by atoms with Crippen LogP contribution in [0.5, 0.6) is 5.75 Å². The van der Waals surface area contributed by atoms with Crippen LogP contribution < -0.4 is 4.74 Å². The minimum absolute atomic E-state index is 0.203. The van der Waals surface area contributed by atoms with Crippen molar-refractivity contribution < 1.29 is 19.4 Å². The first-order valence-electron chi connectivity index (χ1n) is 5.93. The smallest absolute Gasteiger partial charge is 0.336 e. The second-order valence-electron chi connectivity index (χ2n) is 3.99. The highest BCUT2D eigenvalue weighted by Gasteiger charge is 2.01. The third-order valence-corrected chi connectivity index (χ3v) is 2.53. The highest BCUT2D eigenvalue weighted by Crippen LogP contribution is 2.10. The molecular weight excluding hydrogens is 256 g/mol. The largest absolute Gasteiger partial charge is 0.478 e. The zero-order chi connectivity index (χ0) is 14.4. The van der Waals surface area contributed by atoms with Crippen molar-refractivity contribution in [2.24, 2.45) is 0 Å². The molecule has 0 fully saturated rings. The Labute approximate surface area is 115 Å². The van der Waals surface area contributed by atoms with Crippen LogP contribution in [0.15, 0.2) is 60.7 Å². The fraction of sp³-hybridized carbons (Fsp3) is 0. The van der Waals surface area contributed by atoms with E-state index in [-0.39, 0.29) is 5.56 Å². The van der Waals surface area contributed by atoms with Crippen LogP contribution in [0.3, 0.4) is 0 Å². The van der Waals surface area contributed by atoms with E-state index in [1.165, 1.54) is 18.2 Å². The maximum Gasteiger partial charge on any atom is 0.336 e. The van der Waals surface area contributed by atoms with Gasteiger partial charge in [0.2, 0.25) is 0 Å². The molecule has 0 aliphatic carbocycles. The van der Waals surface area contributed by atoms with E-state index in [9.17, 15) is 9.59 Å². The fourth-order valence-electron chi connectivity index (χ4n) is 1.54. The summed E-state index contributed by atoms with van der Waals surface area (Å²) >= 11 is 0. The number of carbonyl (C=O) groups is 2. The van der Waals surface area contributed by atoms with Gasteiger partial charge in [-0.1, -0.05) is 30.3 Å². The normalized spacial score (nSPS) is 10.4. The summed E-state index contributed by atoms with van der Waals surface area (Å²) in [4.78, 5) is 22.2. The molecular formula is C16H12O4. The van der Waals surface area contributed by atoms with Gasteiger partial charge in [0.25, 0.3) is 0 Å². The van der Waals surface area contributed by atoms with Crippen molar-refractivity contribution in [3.05, 3.63) is 71.8 Å². The summed E-state index contributed by atoms with van der Waals surface area (Å²) in [6, 6.07) is 15.0. The molecule has 0 aliphatic rings. The number of hydrogen-bond acceptors (Lipinski definition) is 3. The number of ether oxygens (including phenoxy) is 1. The van der Waals surface area contributed by atoms with Crippen molar-refractivity contribution in [3.8, 4) is 5.75 Å². The molecule has 0 bridgehead atoms. The van der Waals surface area contributed by atoms with Gasteiger partial charge in [0.1, 0.15) is 5.75 Å². The molecule has 2 aromatic rings. The summed E-state index contributed by atoms with van der Waals surface area (Å²) in [7, 11) is 0. The Balaban J connectivity index is 1.98. The number of carboxylic acid groups (broad SMARTS) is 1. The Hall–Kier alpha value is -2.88. The summed E-state index contributed by atoms with van der Waals surface area (Å²) in [5.41, 5.74) is 0.925. The van der Waals surface area contributed by atoms with E-state index < -0.39 is 11.9 Å². The maximum absolute atomic E-state index is 11.6. The Bertz CT molecular complexity index is 627. The quantitative estimate of drug-likeness (QED) is 0.526. The van der Waals surface area contributed by atoms with Gasteiger partial charge in [0.05, 0.1) is 5.56 Å². The van der Waals surface area contributed by atoms with Gasteiger partial charge in [-0.05, 0) is 35.9 Å². The molecule has 4 nitrogen and oxygen atoms in total. The van der Waals surface area contributed by atoms with Crippen LogP contribution in [-0.2, 0) is 4.79 Å². The molecule has 20 heavy (non-hydrogen) atoms. The van der Waals surface area contributed by atoms with Gasteiger partial charge in [0, 0.05) is 6.08 Å². The molecule has 0 saturated carbocycles. The minimum atomic E-state index is -0.982. The van der Waals surface area contributed by atoms with Gasteiger partial charge < -0.3 is 9.84 Å². The zero-order valence-corrected chi connectivity index (χ0v) is 10.5. The van der Waals surface area contributed by atoms with Crippen LogP contribution in [0.4, 0.5) is 0 Å². The van der Waals surface area contributed by atoms with Gasteiger partial charge >= 0.3 is 11.9 Å². The lowest BCUT2D eigenvalue weighted by Gasteiger charge is -2.00. The Morgan fingerprint density at radius 3 is 2.20 bits per heavy atom. The number of aromatic carboxylic acids is 1. The van der Waals surface area contributed by atoms with E-state index >= 15 is 0 Å². The molecule has 0 heterocycles. The first-order valence-corrected chi connectivity index (χ1v) is 5.93. The van der Waals surface area contributed by atoms with Gasteiger partial charge in [-0.2, -0.15) is 0 Å². The molecule has 4 heteroatoms. The van der Waals surface area contributed by atoms with Crippen molar-refractivity contribution in [2.75, 3.05) is 0 Å². The molecule has 2 aromatic carbocycles. The number of carbonyl (C=O) groups excluding carboxylic acids is 1. The lowest BCUT2D eigenvalue weighted by atomic mass is 10.1. The van der Waals surface area contributed by atoms with Gasteiger partial charge in [-0.3, -0.25) is 0 Å². The molecule has 0 spiro atoms. The summed E-state index contributed by atoms with van der Waals surface area (Å²) in [5.74, 6) is -0.995. The van der Waals surface area contributed by atoms with Gasteiger partial charge in [0.15, 0.2) is 0 Å². The lowest BCUT2D eigenvalue weighted by Crippen LogP contribution is -2.03. The monoisotopic (exact) mass is 268 g/mol. The molecule has 0 amide bonds. The molecule has 100 valence electrons. The summed E-state index contributed by atoms with van der Waals surface area (Å²) in [6.45, 7) is 0. The predicted octanol–water partition coefficient (Wildman–Crippen LogP) is 3.00. The van der Waals surface area contributed by atoms with E-state index in [1.54, 1.807) is 42.5 Å². The van der Waals surface area contributed by atoms with Crippen molar-refractivity contribution in [1.29, 1.82) is 0 Å². The molecule has 0 aromatic heterocycles. The molecule has 0 radical (unpaired) electrons. The number of esters is 1. The number of benzene rings is 2. The highest BCUT2D eigenvalue weighted by atomic mass is 16.5. The van der Waals surface area contributed by atoms with Crippen LogP contribution in [0, 0.1) is 0 Å². The molecule has 1 N–H and O–H groups in total. The Morgan fingerprint density at radius 1 is 0.950 bits per heavy atom. The molecule has 0 saturated heterocycles. The van der Waals surface area contributed by atoms with Crippen molar-refractivity contribution >= 4 is 18.0 Å². The number of hydrogen-bond donors (Lipinski definition) is 1. The van der Waals surface area contributed by atoms with E-state index in [4.69, 9.17) is 9.84 Å². The Morgan fingerprint density at radius 2 is 1.60 bits per heavy atom. The van der Waals surface area contributed by atoms with Crippen LogP contribution in [0.2, 0.25) is 0 Å². The first kappa shape index (κ1) is 13.5. The zero-order valence-electron chi connectivity index (χ0n) is 10.5. The standard InChI is InChI=1S/C16H12O4/c17-15(20-14-4-2-1-3-5-14)11-8-12-6-9-13(10-7-12)16(18)19/h1-11H,(H,18,19)/b11-8+. The maximum atomic E-state index is 11.6. The van der Waals surface area contributed by atoms with Crippen LogP contribution in [-0.4, -0.2) is 17.0 Å². The van der Waals surface area contributed by atoms with Crippen molar-refractivity contribution in [2.45, 2.75) is 0 Å². The molecule has 2 rings (SSSR count). The van der Waals surface area contributed by atoms with E-state index in [1.807, 2.05) is 6.07 Å². The second kappa shape index (κ2) is 6.33. The van der Waals surface area contributed by atoms with E-state index in [0.717, 1.165) is 5.56 Å². The third-order valence-electron chi connectivity index (χ3n) is 2.53. The van der Waals surface area contributed by atoms with Crippen LogP contribution in [0.1, 0.15) is 15.9 Å². The summed E-state index contributed by atoms with van der Waals surface area (Å²) in [6.07, 6.45) is 2.86.